The molecule has 0 aliphatic heterocycles. The lowest BCUT2D eigenvalue weighted by molar-refractivity contribution is 0.281. The normalized spacial score (nSPS) is 10.2. The number of hydrogen-bond acceptors (Lipinski definition) is 3. The number of anilines is 1. The maximum Gasteiger partial charge on any atom is 0.125 e. The summed E-state index contributed by atoms with van der Waals surface area (Å²) < 4.78 is 12.9. The lowest BCUT2D eigenvalue weighted by Crippen LogP contribution is -2.29. The second kappa shape index (κ2) is 5.57. The van der Waals surface area contributed by atoms with E-state index in [-0.39, 0.29) is 19.0 Å². The Morgan fingerprint density at radius 1 is 1.14 bits per heavy atom. The number of rotatable bonds is 5. The molecule has 0 atom stereocenters. The summed E-state index contributed by atoms with van der Waals surface area (Å²) in [5.41, 5.74) is 0.674. The van der Waals surface area contributed by atoms with Gasteiger partial charge in [-0.3, -0.25) is 0 Å². The lowest BCUT2D eigenvalue weighted by atomic mass is 10.2. The van der Waals surface area contributed by atoms with Crippen molar-refractivity contribution in [3.05, 3.63) is 30.1 Å². The van der Waals surface area contributed by atoms with Crippen LogP contribution in [-0.2, 0) is 0 Å². The number of halogens is 1. The molecule has 0 bridgehead atoms. The summed E-state index contributed by atoms with van der Waals surface area (Å²) >= 11 is 0. The van der Waals surface area contributed by atoms with Crippen molar-refractivity contribution in [3.63, 3.8) is 0 Å². The highest BCUT2D eigenvalue weighted by atomic mass is 19.1. The third-order valence-electron chi connectivity index (χ3n) is 1.91. The molecule has 78 valence electrons. The number of aliphatic hydroxyl groups is 2. The SMILES string of the molecule is OCCN(CCO)c1cccc(F)c1. The minimum atomic E-state index is -0.316. The highest BCUT2D eigenvalue weighted by Gasteiger charge is 2.05. The highest BCUT2D eigenvalue weighted by Crippen LogP contribution is 2.14. The van der Waals surface area contributed by atoms with Gasteiger partial charge in [0.15, 0.2) is 0 Å². The van der Waals surface area contributed by atoms with Crippen LogP contribution in [0, 0.1) is 5.82 Å². The smallest absolute Gasteiger partial charge is 0.125 e. The molecule has 0 aliphatic rings. The van der Waals surface area contributed by atoms with E-state index in [4.69, 9.17) is 10.2 Å². The Labute approximate surface area is 82.4 Å². The van der Waals surface area contributed by atoms with Gasteiger partial charge in [0.1, 0.15) is 5.82 Å². The van der Waals surface area contributed by atoms with E-state index in [0.29, 0.717) is 18.8 Å². The first-order chi connectivity index (χ1) is 6.77. The molecule has 0 heterocycles. The number of hydrogen-bond donors (Lipinski definition) is 2. The Bertz CT molecular complexity index is 275. The second-order valence-electron chi connectivity index (χ2n) is 2.91. The molecule has 2 N–H and O–H groups in total. The van der Waals surface area contributed by atoms with E-state index in [1.54, 1.807) is 17.0 Å². The molecule has 0 spiro atoms. The summed E-state index contributed by atoms with van der Waals surface area (Å²) in [5, 5.41) is 17.6. The second-order valence-corrected chi connectivity index (χ2v) is 2.91. The van der Waals surface area contributed by atoms with Gasteiger partial charge in [0, 0.05) is 18.8 Å². The van der Waals surface area contributed by atoms with Gasteiger partial charge in [0.2, 0.25) is 0 Å². The fourth-order valence-electron chi connectivity index (χ4n) is 1.28. The minimum Gasteiger partial charge on any atom is -0.395 e. The summed E-state index contributed by atoms with van der Waals surface area (Å²) in [6, 6.07) is 6.09. The molecule has 3 nitrogen and oxygen atoms in total. The van der Waals surface area contributed by atoms with Crippen molar-refractivity contribution in [2.75, 3.05) is 31.2 Å². The predicted octanol–water partition coefficient (Wildman–Crippen LogP) is 0.617. The molecule has 1 aromatic carbocycles. The van der Waals surface area contributed by atoms with Crippen LogP contribution in [-0.4, -0.2) is 36.5 Å². The first-order valence-electron chi connectivity index (χ1n) is 4.50. The van der Waals surface area contributed by atoms with Crippen molar-refractivity contribution >= 4 is 5.69 Å². The van der Waals surface area contributed by atoms with Crippen LogP contribution in [0.15, 0.2) is 24.3 Å². The summed E-state index contributed by atoms with van der Waals surface area (Å²) in [5.74, 6) is -0.316. The maximum atomic E-state index is 12.9. The standard InChI is InChI=1S/C10H14FNO2/c11-9-2-1-3-10(8-9)12(4-6-13)5-7-14/h1-3,8,13-14H,4-7H2. The molecule has 0 amide bonds. The van der Waals surface area contributed by atoms with Gasteiger partial charge in [-0.25, -0.2) is 4.39 Å². The highest BCUT2D eigenvalue weighted by molar-refractivity contribution is 5.46. The van der Waals surface area contributed by atoms with Gasteiger partial charge in [-0.1, -0.05) is 6.07 Å². The largest absolute Gasteiger partial charge is 0.395 e. The van der Waals surface area contributed by atoms with Crippen LogP contribution in [0.4, 0.5) is 10.1 Å². The number of aliphatic hydroxyl groups excluding tert-OH is 2. The molecule has 1 rings (SSSR count). The van der Waals surface area contributed by atoms with Crippen molar-refractivity contribution in [2.24, 2.45) is 0 Å². The average molecular weight is 199 g/mol. The van der Waals surface area contributed by atoms with Crippen LogP contribution in [0.2, 0.25) is 0 Å². The Balaban J connectivity index is 2.75. The number of nitrogens with zero attached hydrogens (tertiary/aromatic N) is 1. The van der Waals surface area contributed by atoms with Crippen LogP contribution in [0.5, 0.6) is 0 Å². The third kappa shape index (κ3) is 2.97. The van der Waals surface area contributed by atoms with E-state index in [1.807, 2.05) is 0 Å². The lowest BCUT2D eigenvalue weighted by Gasteiger charge is -2.22. The summed E-state index contributed by atoms with van der Waals surface area (Å²) in [6.07, 6.45) is 0. The van der Waals surface area contributed by atoms with E-state index in [2.05, 4.69) is 0 Å². The van der Waals surface area contributed by atoms with Crippen molar-refractivity contribution < 1.29 is 14.6 Å². The van der Waals surface area contributed by atoms with Gasteiger partial charge in [-0.05, 0) is 18.2 Å². The Morgan fingerprint density at radius 2 is 1.79 bits per heavy atom. The summed E-state index contributed by atoms with van der Waals surface area (Å²) in [4.78, 5) is 1.73. The molecule has 0 unspecified atom stereocenters. The molecule has 4 heteroatoms. The Morgan fingerprint density at radius 3 is 2.29 bits per heavy atom. The van der Waals surface area contributed by atoms with Crippen LogP contribution >= 0.6 is 0 Å². The molecular formula is C10H14FNO2. The molecule has 0 saturated carbocycles. The quantitative estimate of drug-likeness (QED) is 0.730. The average Bonchev–Trinajstić information content (AvgIpc) is 2.17. The molecule has 0 saturated heterocycles. The summed E-state index contributed by atoms with van der Waals surface area (Å²) in [7, 11) is 0. The Hall–Kier alpha value is -1.13. The van der Waals surface area contributed by atoms with Gasteiger partial charge in [0.25, 0.3) is 0 Å². The Kier molecular flexibility index (Phi) is 4.35. The molecule has 0 radical (unpaired) electrons. The fraction of sp³-hybridized carbons (Fsp3) is 0.400. The molecule has 0 aliphatic carbocycles. The molecular weight excluding hydrogens is 185 g/mol. The van der Waals surface area contributed by atoms with E-state index in [1.165, 1.54) is 12.1 Å². The van der Waals surface area contributed by atoms with E-state index >= 15 is 0 Å². The number of benzene rings is 1. The third-order valence-corrected chi connectivity index (χ3v) is 1.91. The van der Waals surface area contributed by atoms with E-state index < -0.39 is 0 Å². The van der Waals surface area contributed by atoms with Gasteiger partial charge in [-0.2, -0.15) is 0 Å². The van der Waals surface area contributed by atoms with Crippen LogP contribution < -0.4 is 4.90 Å². The topological polar surface area (TPSA) is 43.7 Å². The summed E-state index contributed by atoms with van der Waals surface area (Å²) in [6.45, 7) is 0.751. The fourth-order valence-corrected chi connectivity index (χ4v) is 1.28. The zero-order valence-electron chi connectivity index (χ0n) is 7.86. The monoisotopic (exact) mass is 199 g/mol. The molecule has 14 heavy (non-hydrogen) atoms. The molecule has 1 aromatic rings. The van der Waals surface area contributed by atoms with Crippen molar-refractivity contribution in [2.45, 2.75) is 0 Å². The van der Waals surface area contributed by atoms with E-state index in [0.717, 1.165) is 0 Å². The zero-order chi connectivity index (χ0) is 10.4. The van der Waals surface area contributed by atoms with Crippen molar-refractivity contribution in [1.29, 1.82) is 0 Å². The minimum absolute atomic E-state index is 0.0173. The molecule has 0 aromatic heterocycles. The van der Waals surface area contributed by atoms with Gasteiger partial charge >= 0.3 is 0 Å². The first-order valence-corrected chi connectivity index (χ1v) is 4.50. The van der Waals surface area contributed by atoms with Crippen molar-refractivity contribution in [3.8, 4) is 0 Å². The van der Waals surface area contributed by atoms with E-state index in [9.17, 15) is 4.39 Å². The van der Waals surface area contributed by atoms with Crippen molar-refractivity contribution in [1.82, 2.24) is 0 Å². The maximum absolute atomic E-state index is 12.9. The molecule has 0 fully saturated rings. The van der Waals surface area contributed by atoms with Crippen LogP contribution in [0.1, 0.15) is 0 Å². The van der Waals surface area contributed by atoms with Crippen LogP contribution in [0.3, 0.4) is 0 Å². The van der Waals surface area contributed by atoms with Gasteiger partial charge < -0.3 is 15.1 Å². The zero-order valence-corrected chi connectivity index (χ0v) is 7.86. The predicted molar refractivity (Wildman–Crippen MR) is 52.8 cm³/mol. The van der Waals surface area contributed by atoms with Gasteiger partial charge in [-0.15, -0.1) is 0 Å². The van der Waals surface area contributed by atoms with Crippen LogP contribution in [0.25, 0.3) is 0 Å². The van der Waals surface area contributed by atoms with Gasteiger partial charge in [0.05, 0.1) is 13.2 Å². The first kappa shape index (κ1) is 10.9.